The third-order valence-electron chi connectivity index (χ3n) is 5.55. The van der Waals surface area contributed by atoms with Crippen LogP contribution in [0.4, 0.5) is 10.5 Å². The molecular weight excluding hydrogens is 436 g/mol. The first-order chi connectivity index (χ1) is 15.8. The second-order valence-corrected chi connectivity index (χ2v) is 9.71. The lowest BCUT2D eigenvalue weighted by molar-refractivity contribution is 0.252. The fourth-order valence-electron chi connectivity index (χ4n) is 3.95. The quantitative estimate of drug-likeness (QED) is 0.302. The third kappa shape index (κ3) is 4.74. The van der Waals surface area contributed by atoms with Crippen LogP contribution in [0.25, 0.3) is 32.2 Å². The van der Waals surface area contributed by atoms with Crippen LogP contribution in [-0.4, -0.2) is 22.5 Å². The van der Waals surface area contributed by atoms with Gasteiger partial charge >= 0.3 is 6.03 Å². The number of nitrogens with one attached hydrogen (secondary N) is 2. The van der Waals surface area contributed by atoms with Crippen molar-refractivity contribution in [1.82, 2.24) is 15.3 Å². The fraction of sp³-hybridized carbons (Fsp3) is 0.240. The molecule has 1 aliphatic rings. The number of carbonyl (C=O) groups excluding carboxylic acids is 1. The minimum Gasteiger partial charge on any atom is -0.338 e. The summed E-state index contributed by atoms with van der Waals surface area (Å²) in [5.74, 6) is 0. The molecule has 5 rings (SSSR count). The maximum atomic E-state index is 12.4. The molecule has 0 fully saturated rings. The second-order valence-electron chi connectivity index (χ2n) is 7.82. The van der Waals surface area contributed by atoms with Crippen molar-refractivity contribution in [2.24, 2.45) is 0 Å². The van der Waals surface area contributed by atoms with E-state index in [0.29, 0.717) is 12.2 Å². The minimum absolute atomic E-state index is 0.192. The van der Waals surface area contributed by atoms with E-state index in [1.165, 1.54) is 24.8 Å². The smallest absolute Gasteiger partial charge is 0.319 e. The van der Waals surface area contributed by atoms with Crippen LogP contribution in [-0.2, 0) is 0 Å². The van der Waals surface area contributed by atoms with Gasteiger partial charge in [-0.2, -0.15) is 0 Å². The Kier molecular flexibility index (Phi) is 6.27. The number of carbonyl (C=O) groups is 1. The van der Waals surface area contributed by atoms with E-state index in [1.807, 2.05) is 35.7 Å². The van der Waals surface area contributed by atoms with Crippen molar-refractivity contribution in [2.45, 2.75) is 32.1 Å². The summed E-state index contributed by atoms with van der Waals surface area (Å²) in [6.07, 6.45) is 8.12. The van der Waals surface area contributed by atoms with E-state index >= 15 is 0 Å². The molecule has 32 heavy (non-hydrogen) atoms. The molecule has 0 atom stereocenters. The number of rotatable bonds is 6. The van der Waals surface area contributed by atoms with Gasteiger partial charge in [0, 0.05) is 12.2 Å². The number of nitrogens with zero attached hydrogens (tertiary/aromatic N) is 2. The molecule has 4 aromatic rings. The zero-order valence-corrected chi connectivity index (χ0v) is 19.3. The molecule has 162 valence electrons. The van der Waals surface area contributed by atoms with Crippen LogP contribution < -0.4 is 10.6 Å². The van der Waals surface area contributed by atoms with Gasteiger partial charge in [-0.3, -0.25) is 0 Å². The first kappa shape index (κ1) is 20.8. The lowest BCUT2D eigenvalue weighted by Gasteiger charge is -2.13. The highest BCUT2D eigenvalue weighted by atomic mass is 32.1. The molecule has 0 saturated carbocycles. The van der Waals surface area contributed by atoms with Gasteiger partial charge in [0.25, 0.3) is 0 Å². The number of anilines is 1. The average molecular weight is 461 g/mol. The second kappa shape index (κ2) is 9.63. The molecular formula is C25H24N4OS2. The highest BCUT2D eigenvalue weighted by molar-refractivity contribution is 7.14. The number of hydrogen-bond acceptors (Lipinski definition) is 5. The molecule has 3 heterocycles. The van der Waals surface area contributed by atoms with Crippen LogP contribution in [0.2, 0.25) is 0 Å². The number of aromatic nitrogens is 2. The van der Waals surface area contributed by atoms with Crippen LogP contribution in [0.3, 0.4) is 0 Å². The van der Waals surface area contributed by atoms with Crippen LogP contribution in [0, 0.1) is 0 Å². The van der Waals surface area contributed by atoms with Gasteiger partial charge in [0.15, 0.2) is 0 Å². The van der Waals surface area contributed by atoms with Crippen LogP contribution in [0.5, 0.6) is 0 Å². The van der Waals surface area contributed by atoms with Crippen LogP contribution in [0.15, 0.2) is 64.9 Å². The number of benzene rings is 1. The first-order valence-electron chi connectivity index (χ1n) is 10.9. The maximum Gasteiger partial charge on any atom is 0.319 e. The first-order valence-corrected chi connectivity index (χ1v) is 12.6. The topological polar surface area (TPSA) is 66.9 Å². The summed E-state index contributed by atoms with van der Waals surface area (Å²) in [5.41, 5.74) is 5.51. The SMILES string of the molecule is O=C(NCCC1=CCCCC1)Nc1ccc2nc(-c3cccs3)c(-c3cccs3)nc2c1. The van der Waals surface area contributed by atoms with Crippen molar-refractivity contribution in [1.29, 1.82) is 0 Å². The zero-order chi connectivity index (χ0) is 21.8. The van der Waals surface area contributed by atoms with Crippen LogP contribution >= 0.6 is 22.7 Å². The van der Waals surface area contributed by atoms with E-state index in [1.54, 1.807) is 22.7 Å². The lowest BCUT2D eigenvalue weighted by atomic mass is 9.97. The molecule has 7 heteroatoms. The van der Waals surface area contributed by atoms with E-state index in [4.69, 9.17) is 9.97 Å². The fourth-order valence-corrected chi connectivity index (χ4v) is 5.38. The normalized spacial score (nSPS) is 13.7. The molecule has 2 amide bonds. The highest BCUT2D eigenvalue weighted by Gasteiger charge is 2.15. The number of allylic oxidation sites excluding steroid dienone is 1. The summed E-state index contributed by atoms with van der Waals surface area (Å²) >= 11 is 3.31. The number of amides is 2. The number of thiophene rings is 2. The molecule has 5 nitrogen and oxygen atoms in total. The standard InChI is InChI=1S/C25H24N4OS2/c30-25(26-13-12-17-6-2-1-3-7-17)27-18-10-11-19-20(16-18)29-24(22-9-5-15-32-22)23(28-19)21-8-4-14-31-21/h4-6,8-11,14-16H,1-3,7,12-13H2,(H2,26,27,30). The Labute approximate surface area is 195 Å². The molecule has 0 saturated heterocycles. The van der Waals surface area contributed by atoms with Gasteiger partial charge < -0.3 is 10.6 Å². The maximum absolute atomic E-state index is 12.4. The van der Waals surface area contributed by atoms with E-state index in [9.17, 15) is 4.79 Å². The van der Waals surface area contributed by atoms with Crippen molar-refractivity contribution in [3.8, 4) is 21.1 Å². The van der Waals surface area contributed by atoms with Crippen molar-refractivity contribution >= 4 is 45.4 Å². The van der Waals surface area contributed by atoms with Gasteiger partial charge in [0.05, 0.1) is 20.8 Å². The van der Waals surface area contributed by atoms with E-state index in [-0.39, 0.29) is 6.03 Å². The Morgan fingerprint density at radius 3 is 2.34 bits per heavy atom. The van der Waals surface area contributed by atoms with Crippen LogP contribution in [0.1, 0.15) is 32.1 Å². The Morgan fingerprint density at radius 1 is 0.938 bits per heavy atom. The number of urea groups is 1. The number of fused-ring (bicyclic) bond motifs is 1. The Morgan fingerprint density at radius 2 is 1.69 bits per heavy atom. The lowest BCUT2D eigenvalue weighted by Crippen LogP contribution is -2.29. The Balaban J connectivity index is 1.35. The van der Waals surface area contributed by atoms with E-state index < -0.39 is 0 Å². The van der Waals surface area contributed by atoms with Gasteiger partial charge in [-0.25, -0.2) is 14.8 Å². The van der Waals surface area contributed by atoms with E-state index in [0.717, 1.165) is 45.0 Å². The van der Waals surface area contributed by atoms with Gasteiger partial charge in [-0.05, 0) is 73.2 Å². The highest BCUT2D eigenvalue weighted by Crippen LogP contribution is 2.35. The van der Waals surface area contributed by atoms with Crippen molar-refractivity contribution in [3.63, 3.8) is 0 Å². The molecule has 1 aromatic carbocycles. The Bertz CT molecular complexity index is 1250. The third-order valence-corrected chi connectivity index (χ3v) is 7.30. The van der Waals surface area contributed by atoms with Crippen molar-refractivity contribution in [2.75, 3.05) is 11.9 Å². The zero-order valence-electron chi connectivity index (χ0n) is 17.6. The minimum atomic E-state index is -0.192. The molecule has 2 N–H and O–H groups in total. The van der Waals surface area contributed by atoms with Gasteiger partial charge in [0.2, 0.25) is 0 Å². The molecule has 0 bridgehead atoms. The predicted molar refractivity (Wildman–Crippen MR) is 134 cm³/mol. The summed E-state index contributed by atoms with van der Waals surface area (Å²) in [7, 11) is 0. The summed E-state index contributed by atoms with van der Waals surface area (Å²) in [4.78, 5) is 24.4. The van der Waals surface area contributed by atoms with E-state index in [2.05, 4.69) is 34.2 Å². The summed E-state index contributed by atoms with van der Waals surface area (Å²) in [6, 6.07) is 13.7. The molecule has 3 aromatic heterocycles. The van der Waals surface area contributed by atoms with Crippen molar-refractivity contribution in [3.05, 3.63) is 64.9 Å². The molecule has 0 spiro atoms. The van der Waals surface area contributed by atoms with Gasteiger partial charge in [-0.15, -0.1) is 22.7 Å². The predicted octanol–water partition coefficient (Wildman–Crippen LogP) is 7.10. The van der Waals surface area contributed by atoms with Crippen molar-refractivity contribution < 1.29 is 4.79 Å². The van der Waals surface area contributed by atoms with Gasteiger partial charge in [-0.1, -0.05) is 23.8 Å². The summed E-state index contributed by atoms with van der Waals surface area (Å²) < 4.78 is 0. The largest absolute Gasteiger partial charge is 0.338 e. The average Bonchev–Trinajstić information content (AvgIpc) is 3.53. The molecule has 0 radical (unpaired) electrons. The molecule has 0 unspecified atom stereocenters. The molecule has 1 aliphatic carbocycles. The Hall–Kier alpha value is -3.03. The number of hydrogen-bond donors (Lipinski definition) is 2. The van der Waals surface area contributed by atoms with Gasteiger partial charge in [0.1, 0.15) is 11.4 Å². The monoisotopic (exact) mass is 460 g/mol. The molecule has 0 aliphatic heterocycles. The summed E-state index contributed by atoms with van der Waals surface area (Å²) in [6.45, 7) is 0.651. The summed E-state index contributed by atoms with van der Waals surface area (Å²) in [5, 5.41) is 10.00.